The van der Waals surface area contributed by atoms with Crippen molar-refractivity contribution < 1.29 is 4.92 Å². The van der Waals surface area contributed by atoms with Crippen LogP contribution >= 0.6 is 23.5 Å². The zero-order valence-corrected chi connectivity index (χ0v) is 9.70. The third-order valence-electron chi connectivity index (χ3n) is 1.87. The van der Waals surface area contributed by atoms with E-state index in [-0.39, 0.29) is 5.69 Å². The van der Waals surface area contributed by atoms with E-state index in [9.17, 15) is 10.1 Å². The lowest BCUT2D eigenvalue weighted by Crippen LogP contribution is -1.88. The number of rotatable bonds is 4. The van der Waals surface area contributed by atoms with Gasteiger partial charge < -0.3 is 0 Å². The minimum absolute atomic E-state index is 0.115. The minimum Gasteiger partial charge on any atom is -0.258 e. The van der Waals surface area contributed by atoms with Crippen molar-refractivity contribution in [1.29, 1.82) is 0 Å². The maximum Gasteiger partial charge on any atom is 0.269 e. The van der Waals surface area contributed by atoms with Gasteiger partial charge in [0.25, 0.3) is 5.69 Å². The maximum atomic E-state index is 10.4. The molecule has 0 aliphatic carbocycles. The third-order valence-corrected chi connectivity index (χ3v) is 3.44. The monoisotopic (exact) mass is 253 g/mol. The summed E-state index contributed by atoms with van der Waals surface area (Å²) in [7, 11) is 0. The number of benzene rings is 1. The van der Waals surface area contributed by atoms with E-state index in [1.54, 1.807) is 30.1 Å². The molecule has 2 aromatic rings. The lowest BCUT2D eigenvalue weighted by molar-refractivity contribution is -0.384. The van der Waals surface area contributed by atoms with Crippen LogP contribution in [0.1, 0.15) is 5.56 Å². The second kappa shape index (κ2) is 5.04. The highest BCUT2D eigenvalue weighted by molar-refractivity contribution is 7.98. The summed E-state index contributed by atoms with van der Waals surface area (Å²) in [6.07, 6.45) is 1.71. The van der Waals surface area contributed by atoms with Crippen LogP contribution in [-0.2, 0) is 5.75 Å². The van der Waals surface area contributed by atoms with E-state index in [4.69, 9.17) is 0 Å². The Morgan fingerprint density at radius 3 is 2.69 bits per heavy atom. The molecular formula is C9H7N3O2S2. The Kier molecular flexibility index (Phi) is 3.47. The standard InChI is InChI=1S/C9H7N3O2S2/c13-12(14)8-3-1-7(2-4-8)6-15-9-5-10-16-11-9/h1-5H,6H2. The molecule has 0 fully saturated rings. The Hall–Kier alpha value is -1.47. The van der Waals surface area contributed by atoms with Gasteiger partial charge in [0.05, 0.1) is 22.8 Å². The van der Waals surface area contributed by atoms with Crippen LogP contribution in [0.5, 0.6) is 0 Å². The van der Waals surface area contributed by atoms with Gasteiger partial charge in [0.1, 0.15) is 5.03 Å². The fourth-order valence-corrected chi connectivity index (χ4v) is 2.42. The van der Waals surface area contributed by atoms with Crippen molar-refractivity contribution >= 4 is 29.2 Å². The largest absolute Gasteiger partial charge is 0.269 e. The molecule has 0 saturated heterocycles. The van der Waals surface area contributed by atoms with Gasteiger partial charge in [0.15, 0.2) is 0 Å². The average Bonchev–Trinajstić information content (AvgIpc) is 2.80. The van der Waals surface area contributed by atoms with Crippen molar-refractivity contribution in [2.75, 3.05) is 0 Å². The number of hydrogen-bond donors (Lipinski definition) is 0. The number of hydrogen-bond acceptors (Lipinski definition) is 6. The molecule has 2 rings (SSSR count). The second-order valence-electron chi connectivity index (χ2n) is 2.96. The number of non-ortho nitro benzene ring substituents is 1. The fourth-order valence-electron chi connectivity index (χ4n) is 1.09. The summed E-state index contributed by atoms with van der Waals surface area (Å²) < 4.78 is 7.95. The highest BCUT2D eigenvalue weighted by Gasteiger charge is 2.04. The van der Waals surface area contributed by atoms with Gasteiger partial charge in [-0.1, -0.05) is 23.9 Å². The highest BCUT2D eigenvalue weighted by Crippen LogP contribution is 2.22. The van der Waals surface area contributed by atoms with Gasteiger partial charge in [-0.25, -0.2) is 0 Å². The molecule has 7 heteroatoms. The molecule has 1 heterocycles. The Morgan fingerprint density at radius 2 is 2.12 bits per heavy atom. The summed E-state index contributed by atoms with van der Waals surface area (Å²) in [6, 6.07) is 6.53. The van der Waals surface area contributed by atoms with E-state index < -0.39 is 4.92 Å². The molecule has 0 N–H and O–H groups in total. The SMILES string of the molecule is O=[N+]([O-])c1ccc(CSc2cnsn2)cc1. The first-order chi connectivity index (χ1) is 7.75. The van der Waals surface area contributed by atoms with E-state index in [0.717, 1.165) is 16.3 Å². The Bertz CT molecular complexity index is 470. The van der Waals surface area contributed by atoms with Crippen LogP contribution in [0.4, 0.5) is 5.69 Å². The molecule has 0 amide bonds. The van der Waals surface area contributed by atoms with Crippen LogP contribution in [0, 0.1) is 10.1 Å². The first-order valence-corrected chi connectivity index (χ1v) is 6.11. The zero-order chi connectivity index (χ0) is 11.4. The van der Waals surface area contributed by atoms with E-state index in [1.807, 2.05) is 0 Å². The summed E-state index contributed by atoms with van der Waals surface area (Å²) in [6.45, 7) is 0. The topological polar surface area (TPSA) is 68.9 Å². The molecule has 1 aromatic heterocycles. The summed E-state index contributed by atoms with van der Waals surface area (Å²) in [5.74, 6) is 0.739. The molecule has 0 radical (unpaired) electrons. The number of thioether (sulfide) groups is 1. The predicted molar refractivity (Wildman–Crippen MR) is 62.6 cm³/mol. The van der Waals surface area contributed by atoms with Crippen LogP contribution in [0.2, 0.25) is 0 Å². The fraction of sp³-hybridized carbons (Fsp3) is 0.111. The van der Waals surface area contributed by atoms with Crippen molar-refractivity contribution in [3.63, 3.8) is 0 Å². The van der Waals surface area contributed by atoms with Crippen LogP contribution < -0.4 is 0 Å². The van der Waals surface area contributed by atoms with Gasteiger partial charge in [-0.3, -0.25) is 10.1 Å². The van der Waals surface area contributed by atoms with Gasteiger partial charge in [-0.05, 0) is 5.56 Å². The number of aromatic nitrogens is 2. The van der Waals surface area contributed by atoms with Gasteiger partial charge in [-0.2, -0.15) is 8.75 Å². The molecule has 16 heavy (non-hydrogen) atoms. The van der Waals surface area contributed by atoms with Gasteiger partial charge >= 0.3 is 0 Å². The third kappa shape index (κ3) is 2.77. The van der Waals surface area contributed by atoms with Gasteiger partial charge in [0, 0.05) is 17.9 Å². The number of nitro groups is 1. The predicted octanol–water partition coefficient (Wildman–Crippen LogP) is 2.74. The van der Waals surface area contributed by atoms with Crippen LogP contribution in [0.25, 0.3) is 0 Å². The van der Waals surface area contributed by atoms with Gasteiger partial charge in [0.2, 0.25) is 0 Å². The average molecular weight is 253 g/mol. The normalized spacial score (nSPS) is 10.2. The van der Waals surface area contributed by atoms with E-state index in [1.165, 1.54) is 23.9 Å². The summed E-state index contributed by atoms with van der Waals surface area (Å²) >= 11 is 2.73. The molecule has 5 nitrogen and oxygen atoms in total. The molecular weight excluding hydrogens is 246 g/mol. The van der Waals surface area contributed by atoms with Crippen LogP contribution in [0.3, 0.4) is 0 Å². The van der Waals surface area contributed by atoms with Crippen molar-refractivity contribution in [1.82, 2.24) is 8.75 Å². The quantitative estimate of drug-likeness (QED) is 0.476. The van der Waals surface area contributed by atoms with E-state index in [2.05, 4.69) is 8.75 Å². The molecule has 0 bridgehead atoms. The maximum absolute atomic E-state index is 10.4. The summed E-state index contributed by atoms with van der Waals surface area (Å²) in [5.41, 5.74) is 1.15. The minimum atomic E-state index is -0.402. The van der Waals surface area contributed by atoms with Gasteiger partial charge in [-0.15, -0.1) is 0 Å². The molecule has 0 aliphatic rings. The Morgan fingerprint density at radius 1 is 1.38 bits per heavy atom. The Labute approximate surface area is 100.0 Å². The Balaban J connectivity index is 1.98. The van der Waals surface area contributed by atoms with E-state index >= 15 is 0 Å². The zero-order valence-electron chi connectivity index (χ0n) is 8.07. The van der Waals surface area contributed by atoms with Crippen molar-refractivity contribution in [2.45, 2.75) is 10.8 Å². The lowest BCUT2D eigenvalue weighted by Gasteiger charge is -1.98. The molecule has 82 valence electrons. The first kappa shape index (κ1) is 11.0. The van der Waals surface area contributed by atoms with E-state index in [0.29, 0.717) is 0 Å². The van der Waals surface area contributed by atoms with Crippen LogP contribution in [-0.4, -0.2) is 13.7 Å². The van der Waals surface area contributed by atoms with Crippen LogP contribution in [0.15, 0.2) is 35.5 Å². The number of nitro benzene ring substituents is 1. The van der Waals surface area contributed by atoms with Crippen molar-refractivity contribution in [3.05, 3.63) is 46.1 Å². The molecule has 0 unspecified atom stereocenters. The molecule has 0 aliphatic heterocycles. The molecule has 1 aromatic carbocycles. The molecule has 0 saturated carbocycles. The summed E-state index contributed by atoms with van der Waals surface area (Å²) in [4.78, 5) is 10.0. The number of nitrogens with zero attached hydrogens (tertiary/aromatic N) is 3. The first-order valence-electron chi connectivity index (χ1n) is 4.39. The van der Waals surface area contributed by atoms with Crippen molar-refractivity contribution in [2.24, 2.45) is 0 Å². The molecule has 0 atom stereocenters. The smallest absolute Gasteiger partial charge is 0.258 e. The summed E-state index contributed by atoms with van der Waals surface area (Å²) in [5, 5.41) is 11.3. The lowest BCUT2D eigenvalue weighted by atomic mass is 10.2. The highest BCUT2D eigenvalue weighted by atomic mass is 32.2. The second-order valence-corrected chi connectivity index (χ2v) is 4.51. The molecule has 0 spiro atoms. The van der Waals surface area contributed by atoms with Crippen molar-refractivity contribution in [3.8, 4) is 0 Å².